The van der Waals surface area contributed by atoms with E-state index in [1.807, 2.05) is 0 Å². The van der Waals surface area contributed by atoms with Crippen molar-refractivity contribution in [2.75, 3.05) is 6.61 Å². The van der Waals surface area contributed by atoms with Crippen molar-refractivity contribution in [1.82, 2.24) is 0 Å². The van der Waals surface area contributed by atoms with Gasteiger partial charge in [-0.1, -0.05) is 42.5 Å². The molecule has 0 aromatic heterocycles. The van der Waals surface area contributed by atoms with Gasteiger partial charge in [-0.15, -0.1) is 0 Å². The first kappa shape index (κ1) is 27.4. The van der Waals surface area contributed by atoms with Gasteiger partial charge >= 0.3 is 11.9 Å². The van der Waals surface area contributed by atoms with Crippen LogP contribution in [0.4, 0.5) is 0 Å². The molecule has 0 unspecified atom stereocenters. The topological polar surface area (TPSA) is 169 Å². The number of hydrogen-bond donors (Lipinski definition) is 4. The van der Waals surface area contributed by atoms with E-state index in [2.05, 4.69) is 0 Å². The molecule has 2 aromatic rings. The highest BCUT2D eigenvalue weighted by atomic mass is 16.7. The summed E-state index contributed by atoms with van der Waals surface area (Å²) in [6.45, 7) is -1.05. The molecule has 202 valence electrons. The number of aliphatic hydroxyl groups excluding tert-OH is 3. The normalized spacial score (nSPS) is 28.9. The Bertz CT molecular complexity index is 1180. The smallest absolute Gasteiger partial charge is 0.350 e. The molecule has 0 radical (unpaired) electrons. The number of ketones is 1. The lowest BCUT2D eigenvalue weighted by Crippen LogP contribution is -2.61. The molecule has 0 saturated carbocycles. The average molecular weight is 529 g/mol. The highest BCUT2D eigenvalue weighted by molar-refractivity contribution is 6.09. The van der Waals surface area contributed by atoms with Gasteiger partial charge in [0.05, 0.1) is 12.2 Å². The summed E-state index contributed by atoms with van der Waals surface area (Å²) in [6.07, 6.45) is -4.41. The monoisotopic (exact) mass is 528 g/mol. The van der Waals surface area contributed by atoms with Crippen molar-refractivity contribution in [3.63, 3.8) is 0 Å². The van der Waals surface area contributed by atoms with E-state index in [0.29, 0.717) is 12.0 Å². The van der Waals surface area contributed by atoms with Crippen molar-refractivity contribution < 1.29 is 53.8 Å². The standard InChI is InChI=1S/C27H28O11/c28-14-19-21(30)22(31)23(38-24(32)16-8-2-1-3-9-16)25(37-19)36-18-11-5-4-10-17(18)15-35-26(33)27(34)13-7-6-12-20(27)29/h1-5,7-11,13,19,21-23,25,28,30-31,34H,6,12,14-15H2/t19-,21-,22+,23-,25-,27-/m1/s1. The van der Waals surface area contributed by atoms with Gasteiger partial charge in [0.1, 0.15) is 30.7 Å². The average Bonchev–Trinajstić information content (AvgIpc) is 2.93. The fourth-order valence-corrected chi connectivity index (χ4v) is 4.09. The molecule has 2 aliphatic rings. The summed E-state index contributed by atoms with van der Waals surface area (Å²) < 4.78 is 22.2. The minimum absolute atomic E-state index is 0.00408. The van der Waals surface area contributed by atoms with Crippen LogP contribution >= 0.6 is 0 Å². The van der Waals surface area contributed by atoms with Crippen LogP contribution in [0.5, 0.6) is 5.75 Å². The van der Waals surface area contributed by atoms with Crippen molar-refractivity contribution in [3.05, 3.63) is 77.9 Å². The highest BCUT2D eigenvalue weighted by Gasteiger charge is 2.48. The predicted octanol–water partition coefficient (Wildman–Crippen LogP) is 0.423. The maximum Gasteiger partial charge on any atom is 0.350 e. The minimum Gasteiger partial charge on any atom is -0.460 e. The zero-order chi connectivity index (χ0) is 27.3. The largest absolute Gasteiger partial charge is 0.460 e. The van der Waals surface area contributed by atoms with E-state index in [4.69, 9.17) is 18.9 Å². The summed E-state index contributed by atoms with van der Waals surface area (Å²) in [5.41, 5.74) is -1.88. The summed E-state index contributed by atoms with van der Waals surface area (Å²) in [7, 11) is 0. The number of rotatable bonds is 8. The Morgan fingerprint density at radius 1 is 1.03 bits per heavy atom. The molecule has 38 heavy (non-hydrogen) atoms. The Kier molecular flexibility index (Phi) is 8.55. The van der Waals surface area contributed by atoms with Crippen molar-refractivity contribution in [2.45, 2.75) is 55.8 Å². The molecule has 4 rings (SSSR count). The van der Waals surface area contributed by atoms with Gasteiger partial charge in [-0.05, 0) is 30.7 Å². The van der Waals surface area contributed by atoms with Crippen LogP contribution in [0.15, 0.2) is 66.7 Å². The Balaban J connectivity index is 1.52. The first-order valence-corrected chi connectivity index (χ1v) is 12.0. The minimum atomic E-state index is -2.37. The van der Waals surface area contributed by atoms with Crippen LogP contribution in [-0.2, 0) is 30.4 Å². The lowest BCUT2D eigenvalue weighted by atomic mass is 9.90. The molecule has 1 aliphatic heterocycles. The number of aliphatic hydroxyl groups is 4. The summed E-state index contributed by atoms with van der Waals surface area (Å²) >= 11 is 0. The van der Waals surface area contributed by atoms with Crippen LogP contribution < -0.4 is 4.74 Å². The number of hydrogen-bond acceptors (Lipinski definition) is 11. The summed E-state index contributed by atoms with van der Waals surface area (Å²) in [5, 5.41) is 41.1. The maximum absolute atomic E-state index is 12.7. The maximum atomic E-state index is 12.7. The highest BCUT2D eigenvalue weighted by Crippen LogP contribution is 2.30. The van der Waals surface area contributed by atoms with E-state index in [-0.39, 0.29) is 17.7 Å². The quantitative estimate of drug-likeness (QED) is 0.213. The predicted molar refractivity (Wildman–Crippen MR) is 129 cm³/mol. The molecule has 1 saturated heterocycles. The molecular weight excluding hydrogens is 500 g/mol. The molecule has 0 amide bonds. The number of allylic oxidation sites excluding steroid dienone is 1. The summed E-state index contributed by atoms with van der Waals surface area (Å²) in [5.74, 6) is -2.52. The third-order valence-electron chi connectivity index (χ3n) is 6.29. The van der Waals surface area contributed by atoms with Crippen molar-refractivity contribution in [3.8, 4) is 5.75 Å². The van der Waals surface area contributed by atoms with Gasteiger partial charge in [-0.25, -0.2) is 9.59 Å². The van der Waals surface area contributed by atoms with Crippen LogP contribution in [-0.4, -0.2) is 81.1 Å². The molecule has 4 N–H and O–H groups in total. The number of benzene rings is 2. The molecule has 1 heterocycles. The number of Topliss-reactive ketones (excluding diaryl/α,β-unsaturated/α-hetero) is 1. The van der Waals surface area contributed by atoms with Crippen LogP contribution in [0.3, 0.4) is 0 Å². The van der Waals surface area contributed by atoms with Crippen LogP contribution in [0.25, 0.3) is 0 Å². The Morgan fingerprint density at radius 2 is 1.74 bits per heavy atom. The van der Waals surface area contributed by atoms with E-state index >= 15 is 0 Å². The Hall–Kier alpha value is -3.61. The van der Waals surface area contributed by atoms with E-state index in [9.17, 15) is 34.8 Å². The second-order valence-corrected chi connectivity index (χ2v) is 8.87. The number of carbonyl (C=O) groups is 3. The SMILES string of the molecule is O=C(O[C@H]1[C@H](Oc2ccccc2COC(=O)[C@@]2(O)C=CCCC2=O)O[C@H](CO)[C@@H](O)[C@@H]1O)c1ccccc1. The molecular formula is C27H28O11. The van der Waals surface area contributed by atoms with Gasteiger partial charge in [-0.3, -0.25) is 4.79 Å². The molecule has 1 fully saturated rings. The van der Waals surface area contributed by atoms with Gasteiger partial charge in [0.25, 0.3) is 0 Å². The van der Waals surface area contributed by atoms with Gasteiger partial charge in [0.15, 0.2) is 11.9 Å². The fourth-order valence-electron chi connectivity index (χ4n) is 4.09. The van der Waals surface area contributed by atoms with Gasteiger partial charge < -0.3 is 39.4 Å². The third kappa shape index (κ3) is 5.77. The second kappa shape index (κ2) is 11.8. The van der Waals surface area contributed by atoms with Crippen LogP contribution in [0.2, 0.25) is 0 Å². The van der Waals surface area contributed by atoms with Gasteiger partial charge in [0, 0.05) is 12.0 Å². The van der Waals surface area contributed by atoms with E-state index in [1.54, 1.807) is 36.4 Å². The number of carbonyl (C=O) groups excluding carboxylic acids is 3. The lowest BCUT2D eigenvalue weighted by molar-refractivity contribution is -0.276. The Morgan fingerprint density at radius 3 is 2.45 bits per heavy atom. The van der Waals surface area contributed by atoms with Crippen molar-refractivity contribution >= 4 is 17.7 Å². The third-order valence-corrected chi connectivity index (χ3v) is 6.29. The van der Waals surface area contributed by atoms with E-state index in [1.165, 1.54) is 24.3 Å². The zero-order valence-corrected chi connectivity index (χ0v) is 20.2. The second-order valence-electron chi connectivity index (χ2n) is 8.87. The molecule has 11 heteroatoms. The number of ether oxygens (including phenoxy) is 4. The number of para-hydroxylation sites is 1. The molecule has 11 nitrogen and oxygen atoms in total. The van der Waals surface area contributed by atoms with Crippen LogP contribution in [0.1, 0.15) is 28.8 Å². The first-order valence-electron chi connectivity index (χ1n) is 12.0. The summed E-state index contributed by atoms with van der Waals surface area (Å²) in [4.78, 5) is 37.3. The fraction of sp³-hybridized carbons (Fsp3) is 0.370. The van der Waals surface area contributed by atoms with Crippen molar-refractivity contribution in [2.24, 2.45) is 0 Å². The molecule has 0 bridgehead atoms. The zero-order valence-electron chi connectivity index (χ0n) is 20.2. The Labute approximate surface area is 217 Å². The van der Waals surface area contributed by atoms with Gasteiger partial charge in [0.2, 0.25) is 11.9 Å². The van der Waals surface area contributed by atoms with E-state index in [0.717, 1.165) is 6.08 Å². The number of esters is 2. The van der Waals surface area contributed by atoms with Crippen LogP contribution in [0, 0.1) is 0 Å². The molecule has 6 atom stereocenters. The summed E-state index contributed by atoms with van der Waals surface area (Å²) in [6, 6.07) is 14.2. The molecule has 1 aliphatic carbocycles. The molecule has 0 spiro atoms. The van der Waals surface area contributed by atoms with Crippen molar-refractivity contribution in [1.29, 1.82) is 0 Å². The lowest BCUT2D eigenvalue weighted by Gasteiger charge is -2.41. The van der Waals surface area contributed by atoms with Gasteiger partial charge in [-0.2, -0.15) is 0 Å². The van der Waals surface area contributed by atoms with E-state index < -0.39 is 67.2 Å². The molecule has 2 aromatic carbocycles. The first-order chi connectivity index (χ1) is 18.2.